The Labute approximate surface area is 115 Å². The number of anilines is 1. The Kier molecular flexibility index (Phi) is 6.00. The lowest BCUT2D eigenvalue weighted by Gasteiger charge is -2.11. The van der Waals surface area contributed by atoms with E-state index in [1.54, 1.807) is 0 Å². The number of aromatic nitrogens is 2. The van der Waals surface area contributed by atoms with Gasteiger partial charge in [-0.15, -0.1) is 0 Å². The molecule has 114 valence electrons. The van der Waals surface area contributed by atoms with Crippen molar-refractivity contribution in [3.63, 3.8) is 0 Å². The van der Waals surface area contributed by atoms with E-state index >= 15 is 0 Å². The zero-order valence-electron chi connectivity index (χ0n) is 11.6. The summed E-state index contributed by atoms with van der Waals surface area (Å²) in [5.41, 5.74) is -1.05. The van der Waals surface area contributed by atoms with Gasteiger partial charge in [0.25, 0.3) is 0 Å². The maximum atomic E-state index is 12.6. The molecule has 0 bridgehead atoms. The van der Waals surface area contributed by atoms with E-state index in [-0.39, 0.29) is 18.4 Å². The highest BCUT2D eigenvalue weighted by atomic mass is 19.4. The number of hydrogen-bond acceptors (Lipinski definition) is 5. The lowest BCUT2D eigenvalue weighted by Crippen LogP contribution is -2.14. The van der Waals surface area contributed by atoms with Gasteiger partial charge in [0.15, 0.2) is 5.69 Å². The molecule has 0 aliphatic rings. The molecule has 0 fully saturated rings. The molecule has 0 unspecified atom stereocenters. The summed E-state index contributed by atoms with van der Waals surface area (Å²) in [5.74, 6) is 0.115. The third-order valence-electron chi connectivity index (χ3n) is 2.15. The van der Waals surface area contributed by atoms with E-state index in [1.807, 2.05) is 13.8 Å². The molecule has 0 aromatic carbocycles. The summed E-state index contributed by atoms with van der Waals surface area (Å²) in [5, 5.41) is 2.46. The zero-order valence-corrected chi connectivity index (χ0v) is 11.6. The third kappa shape index (κ3) is 5.60. The standard InChI is InChI=1S/C12H18F3N3O2/c1-8(2)7-19-4-5-20-10-6-9(12(13,14)15)17-11(16-3)18-10/h6,8H,4-5,7H2,1-3H3,(H,16,17,18). The number of rotatable bonds is 7. The Bertz CT molecular complexity index is 425. The van der Waals surface area contributed by atoms with Crippen LogP contribution in [0.15, 0.2) is 6.07 Å². The lowest BCUT2D eigenvalue weighted by atomic mass is 10.2. The first-order valence-corrected chi connectivity index (χ1v) is 6.17. The van der Waals surface area contributed by atoms with Crippen molar-refractivity contribution in [3.05, 3.63) is 11.8 Å². The van der Waals surface area contributed by atoms with E-state index < -0.39 is 11.9 Å². The van der Waals surface area contributed by atoms with Crippen molar-refractivity contribution in [1.29, 1.82) is 0 Å². The minimum Gasteiger partial charge on any atom is -0.475 e. The van der Waals surface area contributed by atoms with Crippen LogP contribution in [0.1, 0.15) is 19.5 Å². The van der Waals surface area contributed by atoms with Crippen LogP contribution in [-0.4, -0.2) is 36.8 Å². The van der Waals surface area contributed by atoms with E-state index in [0.717, 1.165) is 6.07 Å². The molecule has 0 saturated carbocycles. The molecule has 8 heteroatoms. The summed E-state index contributed by atoms with van der Waals surface area (Å²) in [6, 6.07) is 0.767. The molecule has 1 heterocycles. The number of halogens is 3. The summed E-state index contributed by atoms with van der Waals surface area (Å²) < 4.78 is 48.3. The van der Waals surface area contributed by atoms with Gasteiger partial charge in [-0.3, -0.25) is 0 Å². The van der Waals surface area contributed by atoms with Crippen molar-refractivity contribution in [1.82, 2.24) is 9.97 Å². The van der Waals surface area contributed by atoms with Crippen LogP contribution in [0.4, 0.5) is 19.1 Å². The van der Waals surface area contributed by atoms with E-state index in [0.29, 0.717) is 19.1 Å². The predicted molar refractivity (Wildman–Crippen MR) is 67.7 cm³/mol. The van der Waals surface area contributed by atoms with Gasteiger partial charge in [-0.05, 0) is 5.92 Å². The normalized spacial score (nSPS) is 11.8. The first kappa shape index (κ1) is 16.5. The van der Waals surface area contributed by atoms with Gasteiger partial charge in [0.05, 0.1) is 6.61 Å². The van der Waals surface area contributed by atoms with Crippen molar-refractivity contribution in [2.75, 3.05) is 32.2 Å². The van der Waals surface area contributed by atoms with E-state index in [9.17, 15) is 13.2 Å². The van der Waals surface area contributed by atoms with Crippen LogP contribution >= 0.6 is 0 Å². The lowest BCUT2D eigenvalue weighted by molar-refractivity contribution is -0.141. The molecular formula is C12H18F3N3O2. The summed E-state index contributed by atoms with van der Waals surface area (Å²) in [7, 11) is 1.44. The Hall–Kier alpha value is -1.57. The van der Waals surface area contributed by atoms with Gasteiger partial charge in [0.2, 0.25) is 11.8 Å². The highest BCUT2D eigenvalue weighted by Crippen LogP contribution is 2.30. The number of ether oxygens (including phenoxy) is 2. The average molecular weight is 293 g/mol. The van der Waals surface area contributed by atoms with Crippen molar-refractivity contribution >= 4 is 5.95 Å². The van der Waals surface area contributed by atoms with Crippen molar-refractivity contribution in [3.8, 4) is 5.88 Å². The Morgan fingerprint density at radius 1 is 1.25 bits per heavy atom. The number of hydrogen-bond donors (Lipinski definition) is 1. The quantitative estimate of drug-likeness (QED) is 0.783. The summed E-state index contributed by atoms with van der Waals surface area (Å²) in [4.78, 5) is 7.13. The molecule has 1 rings (SSSR count). The fourth-order valence-corrected chi connectivity index (χ4v) is 1.28. The van der Waals surface area contributed by atoms with Gasteiger partial charge in [-0.25, -0.2) is 4.98 Å². The highest BCUT2D eigenvalue weighted by molar-refractivity contribution is 5.31. The Balaban J connectivity index is 2.61. The molecule has 1 N–H and O–H groups in total. The molecule has 0 amide bonds. The molecule has 20 heavy (non-hydrogen) atoms. The second-order valence-electron chi connectivity index (χ2n) is 4.48. The average Bonchev–Trinajstić information content (AvgIpc) is 2.36. The molecule has 0 aliphatic carbocycles. The van der Waals surface area contributed by atoms with Gasteiger partial charge in [0.1, 0.15) is 6.61 Å². The highest BCUT2D eigenvalue weighted by Gasteiger charge is 2.34. The topological polar surface area (TPSA) is 56.3 Å². The minimum absolute atomic E-state index is 0.129. The van der Waals surface area contributed by atoms with E-state index in [2.05, 4.69) is 15.3 Å². The van der Waals surface area contributed by atoms with Crippen LogP contribution in [0.2, 0.25) is 0 Å². The first-order chi connectivity index (χ1) is 9.32. The monoisotopic (exact) mass is 293 g/mol. The second-order valence-corrected chi connectivity index (χ2v) is 4.48. The summed E-state index contributed by atoms with van der Waals surface area (Å²) in [6.45, 7) is 4.99. The predicted octanol–water partition coefficient (Wildman–Crippen LogP) is 2.59. The summed E-state index contributed by atoms with van der Waals surface area (Å²) >= 11 is 0. The van der Waals surface area contributed by atoms with Gasteiger partial charge in [-0.2, -0.15) is 18.2 Å². The number of alkyl halides is 3. The Morgan fingerprint density at radius 3 is 2.50 bits per heavy atom. The van der Waals surface area contributed by atoms with Crippen LogP contribution < -0.4 is 10.1 Å². The summed E-state index contributed by atoms with van der Waals surface area (Å²) in [6.07, 6.45) is -4.54. The molecular weight excluding hydrogens is 275 g/mol. The van der Waals surface area contributed by atoms with Gasteiger partial charge < -0.3 is 14.8 Å². The van der Waals surface area contributed by atoms with Crippen LogP contribution in [0, 0.1) is 5.92 Å². The van der Waals surface area contributed by atoms with Crippen LogP contribution in [0.25, 0.3) is 0 Å². The van der Waals surface area contributed by atoms with Crippen molar-refractivity contribution < 1.29 is 22.6 Å². The molecule has 0 radical (unpaired) electrons. The fraction of sp³-hybridized carbons (Fsp3) is 0.667. The van der Waals surface area contributed by atoms with E-state index in [4.69, 9.17) is 9.47 Å². The van der Waals surface area contributed by atoms with Crippen LogP contribution in [0.3, 0.4) is 0 Å². The molecule has 1 aromatic heterocycles. The van der Waals surface area contributed by atoms with Crippen LogP contribution in [0.5, 0.6) is 5.88 Å². The third-order valence-corrected chi connectivity index (χ3v) is 2.15. The molecule has 1 aromatic rings. The molecule has 0 atom stereocenters. The van der Waals surface area contributed by atoms with Gasteiger partial charge >= 0.3 is 6.18 Å². The fourth-order valence-electron chi connectivity index (χ4n) is 1.28. The van der Waals surface area contributed by atoms with E-state index in [1.165, 1.54) is 7.05 Å². The van der Waals surface area contributed by atoms with Crippen molar-refractivity contribution in [2.24, 2.45) is 5.92 Å². The zero-order chi connectivity index (χ0) is 15.2. The number of nitrogens with zero attached hydrogens (tertiary/aromatic N) is 2. The maximum absolute atomic E-state index is 12.6. The molecule has 0 saturated heterocycles. The molecule has 0 aliphatic heterocycles. The van der Waals surface area contributed by atoms with Crippen LogP contribution in [-0.2, 0) is 10.9 Å². The molecule has 5 nitrogen and oxygen atoms in total. The maximum Gasteiger partial charge on any atom is 0.433 e. The second kappa shape index (κ2) is 7.28. The SMILES string of the molecule is CNc1nc(OCCOCC(C)C)cc(C(F)(F)F)n1. The van der Waals surface area contributed by atoms with Gasteiger partial charge in [0, 0.05) is 19.7 Å². The Morgan fingerprint density at radius 2 is 1.95 bits per heavy atom. The number of nitrogens with one attached hydrogen (secondary N) is 1. The smallest absolute Gasteiger partial charge is 0.433 e. The molecule has 0 spiro atoms. The van der Waals surface area contributed by atoms with Gasteiger partial charge in [-0.1, -0.05) is 13.8 Å². The van der Waals surface area contributed by atoms with Crippen molar-refractivity contribution in [2.45, 2.75) is 20.0 Å². The largest absolute Gasteiger partial charge is 0.475 e. The minimum atomic E-state index is -4.54. The first-order valence-electron chi connectivity index (χ1n) is 6.17.